The first-order valence-corrected chi connectivity index (χ1v) is 5.28. The Morgan fingerprint density at radius 3 is 2.64 bits per heavy atom. The van der Waals surface area contributed by atoms with Crippen LogP contribution in [-0.4, -0.2) is 19.6 Å². The third-order valence-electron chi connectivity index (χ3n) is 2.28. The highest BCUT2D eigenvalue weighted by Crippen LogP contribution is 2.22. The second-order valence-corrected chi connectivity index (χ2v) is 3.74. The molecular formula is C11H17ClN2. The van der Waals surface area contributed by atoms with E-state index in [4.69, 9.17) is 17.3 Å². The Labute approximate surface area is 90.7 Å². The number of hydrogen-bond acceptors (Lipinski definition) is 2. The summed E-state index contributed by atoms with van der Waals surface area (Å²) in [7, 11) is 0. The molecule has 2 nitrogen and oxygen atoms in total. The Bertz CT molecular complexity index is 299. The van der Waals surface area contributed by atoms with Crippen LogP contribution in [-0.2, 0) is 0 Å². The van der Waals surface area contributed by atoms with E-state index in [1.54, 1.807) is 0 Å². The van der Waals surface area contributed by atoms with Crippen molar-refractivity contribution in [2.45, 2.75) is 13.8 Å². The van der Waals surface area contributed by atoms with Crippen molar-refractivity contribution in [2.75, 3.05) is 24.5 Å². The second kappa shape index (κ2) is 5.23. The number of hydrogen-bond donors (Lipinski definition) is 1. The summed E-state index contributed by atoms with van der Waals surface area (Å²) < 4.78 is 0. The van der Waals surface area contributed by atoms with Crippen LogP contribution < -0.4 is 10.6 Å². The van der Waals surface area contributed by atoms with Crippen LogP contribution in [0.4, 0.5) is 5.69 Å². The largest absolute Gasteiger partial charge is 0.370 e. The highest BCUT2D eigenvalue weighted by atomic mass is 35.5. The molecule has 0 aromatic heterocycles. The van der Waals surface area contributed by atoms with Crippen LogP contribution in [0.1, 0.15) is 12.5 Å². The van der Waals surface area contributed by atoms with Gasteiger partial charge in [-0.1, -0.05) is 11.6 Å². The molecule has 78 valence electrons. The van der Waals surface area contributed by atoms with Gasteiger partial charge in [0.15, 0.2) is 0 Å². The Morgan fingerprint density at radius 2 is 2.14 bits per heavy atom. The van der Waals surface area contributed by atoms with E-state index >= 15 is 0 Å². The first-order valence-electron chi connectivity index (χ1n) is 4.90. The van der Waals surface area contributed by atoms with Crippen molar-refractivity contribution in [1.82, 2.24) is 0 Å². The zero-order chi connectivity index (χ0) is 10.6. The summed E-state index contributed by atoms with van der Waals surface area (Å²) in [5.41, 5.74) is 7.98. The fraction of sp³-hybridized carbons (Fsp3) is 0.455. The standard InChI is InChI=1S/C11H17ClN2/c1-3-14(7-6-13)11-5-4-10(12)8-9(11)2/h4-5,8H,3,6-7,13H2,1-2H3. The molecule has 0 saturated heterocycles. The Hall–Kier alpha value is -0.730. The van der Waals surface area contributed by atoms with Crippen LogP contribution in [0.15, 0.2) is 18.2 Å². The third-order valence-corrected chi connectivity index (χ3v) is 2.52. The zero-order valence-corrected chi connectivity index (χ0v) is 9.51. The summed E-state index contributed by atoms with van der Waals surface area (Å²) >= 11 is 5.90. The van der Waals surface area contributed by atoms with Gasteiger partial charge in [0.05, 0.1) is 0 Å². The zero-order valence-electron chi connectivity index (χ0n) is 8.76. The molecule has 0 bridgehead atoms. The highest BCUT2D eigenvalue weighted by molar-refractivity contribution is 6.30. The molecule has 0 aliphatic heterocycles. The fourth-order valence-corrected chi connectivity index (χ4v) is 1.81. The van der Waals surface area contributed by atoms with E-state index in [9.17, 15) is 0 Å². The van der Waals surface area contributed by atoms with Gasteiger partial charge in [0, 0.05) is 30.3 Å². The van der Waals surface area contributed by atoms with E-state index < -0.39 is 0 Å². The van der Waals surface area contributed by atoms with Gasteiger partial charge >= 0.3 is 0 Å². The summed E-state index contributed by atoms with van der Waals surface area (Å²) in [6.45, 7) is 6.73. The van der Waals surface area contributed by atoms with Crippen molar-refractivity contribution in [1.29, 1.82) is 0 Å². The fourth-order valence-electron chi connectivity index (χ4n) is 1.58. The molecule has 0 saturated carbocycles. The maximum absolute atomic E-state index is 5.90. The third kappa shape index (κ3) is 2.63. The SMILES string of the molecule is CCN(CCN)c1ccc(Cl)cc1C. The number of anilines is 1. The average molecular weight is 213 g/mol. The molecule has 0 amide bonds. The second-order valence-electron chi connectivity index (χ2n) is 3.30. The molecule has 1 aromatic carbocycles. The van der Waals surface area contributed by atoms with E-state index in [2.05, 4.69) is 24.8 Å². The molecule has 1 aromatic rings. The van der Waals surface area contributed by atoms with Crippen molar-refractivity contribution in [2.24, 2.45) is 5.73 Å². The molecule has 0 spiro atoms. The van der Waals surface area contributed by atoms with Crippen molar-refractivity contribution in [3.05, 3.63) is 28.8 Å². The maximum atomic E-state index is 5.90. The van der Waals surface area contributed by atoms with Crippen molar-refractivity contribution >= 4 is 17.3 Å². The Kier molecular flexibility index (Phi) is 4.23. The van der Waals surface area contributed by atoms with Crippen LogP contribution in [0.2, 0.25) is 5.02 Å². The summed E-state index contributed by atoms with van der Waals surface area (Å²) in [6, 6.07) is 5.95. The molecule has 0 radical (unpaired) electrons. The molecule has 0 unspecified atom stereocenters. The number of aryl methyl sites for hydroxylation is 1. The molecule has 0 heterocycles. The molecule has 3 heteroatoms. The first-order chi connectivity index (χ1) is 6.69. The van der Waals surface area contributed by atoms with Crippen molar-refractivity contribution in [3.8, 4) is 0 Å². The number of nitrogens with two attached hydrogens (primary N) is 1. The Balaban J connectivity index is 2.92. The molecule has 2 N–H and O–H groups in total. The monoisotopic (exact) mass is 212 g/mol. The quantitative estimate of drug-likeness (QED) is 0.831. The first kappa shape index (κ1) is 11.3. The van der Waals surface area contributed by atoms with E-state index in [1.807, 2.05) is 12.1 Å². The predicted octanol–water partition coefficient (Wildman–Crippen LogP) is 2.43. The van der Waals surface area contributed by atoms with Crippen LogP contribution >= 0.6 is 11.6 Å². The Morgan fingerprint density at radius 1 is 1.43 bits per heavy atom. The number of halogens is 1. The van der Waals surface area contributed by atoms with Crippen molar-refractivity contribution in [3.63, 3.8) is 0 Å². The lowest BCUT2D eigenvalue weighted by molar-refractivity contribution is 0.814. The topological polar surface area (TPSA) is 29.3 Å². The van der Waals surface area contributed by atoms with Gasteiger partial charge in [0.25, 0.3) is 0 Å². The van der Waals surface area contributed by atoms with E-state index in [0.717, 1.165) is 18.1 Å². The van der Waals surface area contributed by atoms with Crippen molar-refractivity contribution < 1.29 is 0 Å². The van der Waals surface area contributed by atoms with Gasteiger partial charge in [-0.15, -0.1) is 0 Å². The van der Waals surface area contributed by atoms with Crippen LogP contribution in [0.3, 0.4) is 0 Å². The van der Waals surface area contributed by atoms with E-state index in [0.29, 0.717) is 6.54 Å². The molecule has 1 rings (SSSR count). The van der Waals surface area contributed by atoms with E-state index in [1.165, 1.54) is 11.3 Å². The minimum atomic E-state index is 0.676. The minimum Gasteiger partial charge on any atom is -0.370 e. The summed E-state index contributed by atoms with van der Waals surface area (Å²) in [5, 5.41) is 0.787. The summed E-state index contributed by atoms with van der Waals surface area (Å²) in [6.07, 6.45) is 0. The summed E-state index contributed by atoms with van der Waals surface area (Å²) in [5.74, 6) is 0. The molecule has 14 heavy (non-hydrogen) atoms. The average Bonchev–Trinajstić information content (AvgIpc) is 2.15. The van der Waals surface area contributed by atoms with Gasteiger partial charge < -0.3 is 10.6 Å². The lowest BCUT2D eigenvalue weighted by atomic mass is 10.2. The molecule has 0 atom stereocenters. The number of likely N-dealkylation sites (N-methyl/N-ethyl adjacent to an activating group) is 1. The van der Waals surface area contributed by atoms with Gasteiger partial charge in [-0.3, -0.25) is 0 Å². The number of nitrogens with zero attached hydrogens (tertiary/aromatic N) is 1. The van der Waals surface area contributed by atoms with Gasteiger partial charge in [-0.05, 0) is 37.6 Å². The van der Waals surface area contributed by atoms with Crippen LogP contribution in [0.25, 0.3) is 0 Å². The minimum absolute atomic E-state index is 0.676. The molecule has 0 aliphatic carbocycles. The number of benzene rings is 1. The lowest BCUT2D eigenvalue weighted by Crippen LogP contribution is -2.29. The molecule has 0 fully saturated rings. The van der Waals surface area contributed by atoms with E-state index in [-0.39, 0.29) is 0 Å². The molecule has 0 aliphatic rings. The normalized spacial score (nSPS) is 10.3. The summed E-state index contributed by atoms with van der Waals surface area (Å²) in [4.78, 5) is 2.26. The molecular weight excluding hydrogens is 196 g/mol. The van der Waals surface area contributed by atoms with Gasteiger partial charge in [-0.2, -0.15) is 0 Å². The smallest absolute Gasteiger partial charge is 0.0410 e. The van der Waals surface area contributed by atoms with Gasteiger partial charge in [0.1, 0.15) is 0 Å². The van der Waals surface area contributed by atoms with Gasteiger partial charge in [0.2, 0.25) is 0 Å². The highest BCUT2D eigenvalue weighted by Gasteiger charge is 2.06. The maximum Gasteiger partial charge on any atom is 0.0410 e. The lowest BCUT2D eigenvalue weighted by Gasteiger charge is -2.24. The van der Waals surface area contributed by atoms with Crippen LogP contribution in [0, 0.1) is 6.92 Å². The van der Waals surface area contributed by atoms with Gasteiger partial charge in [-0.25, -0.2) is 0 Å². The predicted molar refractivity (Wildman–Crippen MR) is 63.1 cm³/mol. The number of rotatable bonds is 4. The van der Waals surface area contributed by atoms with Crippen LogP contribution in [0.5, 0.6) is 0 Å².